The van der Waals surface area contributed by atoms with E-state index in [1.807, 2.05) is 60.7 Å². The van der Waals surface area contributed by atoms with Crippen molar-refractivity contribution in [2.75, 3.05) is 0 Å². The molecule has 4 rings (SSSR count). The highest BCUT2D eigenvalue weighted by atomic mass is 16.4. The predicted molar refractivity (Wildman–Crippen MR) is 110 cm³/mol. The maximum atomic E-state index is 10.7. The molecule has 1 amide bonds. The lowest BCUT2D eigenvalue weighted by molar-refractivity contribution is 0.194. The van der Waals surface area contributed by atoms with Gasteiger partial charge >= 0.3 is 6.09 Å². The molecule has 140 valence electrons. The summed E-state index contributed by atoms with van der Waals surface area (Å²) < 4.78 is 0. The van der Waals surface area contributed by atoms with Gasteiger partial charge in [-0.25, -0.2) is 14.8 Å². The Morgan fingerprint density at radius 1 is 1.03 bits per heavy atom. The number of hydrogen-bond donors (Lipinski definition) is 2. The van der Waals surface area contributed by atoms with Crippen LogP contribution < -0.4 is 5.32 Å². The Morgan fingerprint density at radius 2 is 1.79 bits per heavy atom. The topological polar surface area (TPSA) is 98.9 Å². The molecule has 0 spiro atoms. The molecule has 2 aromatic heterocycles. The van der Waals surface area contributed by atoms with E-state index in [0.29, 0.717) is 16.6 Å². The summed E-state index contributed by atoms with van der Waals surface area (Å²) in [5, 5.41) is 21.2. The molecule has 2 aromatic carbocycles. The summed E-state index contributed by atoms with van der Waals surface area (Å²) in [7, 11) is 0. The van der Waals surface area contributed by atoms with Crippen LogP contribution in [0.3, 0.4) is 0 Å². The van der Waals surface area contributed by atoms with E-state index in [2.05, 4.69) is 16.4 Å². The van der Waals surface area contributed by atoms with Crippen molar-refractivity contribution >= 4 is 17.0 Å². The Balaban J connectivity index is 1.87. The van der Waals surface area contributed by atoms with Crippen LogP contribution in [-0.2, 0) is 6.54 Å². The standard InChI is InChI=1S/C23H16N4O2/c24-13-21-19-12-18(16-4-2-1-3-5-16)22(27-20(19)10-11-25-21)17-8-6-15(7-9-17)14-26-23(28)29/h1-12,26H,14H2,(H,28,29). The fourth-order valence-corrected chi connectivity index (χ4v) is 3.20. The fourth-order valence-electron chi connectivity index (χ4n) is 3.20. The van der Waals surface area contributed by atoms with Crippen LogP contribution in [0.15, 0.2) is 72.9 Å². The molecule has 0 unspecified atom stereocenters. The van der Waals surface area contributed by atoms with Gasteiger partial charge in [0.25, 0.3) is 0 Å². The Morgan fingerprint density at radius 3 is 2.48 bits per heavy atom. The summed E-state index contributed by atoms with van der Waals surface area (Å²) in [5.41, 5.74) is 5.47. The number of rotatable bonds is 4. The van der Waals surface area contributed by atoms with Gasteiger partial charge in [0.2, 0.25) is 0 Å². The number of fused-ring (bicyclic) bond motifs is 1. The average Bonchev–Trinajstić information content (AvgIpc) is 2.77. The third kappa shape index (κ3) is 3.75. The second-order valence-electron chi connectivity index (χ2n) is 6.44. The van der Waals surface area contributed by atoms with Crippen LogP contribution in [0.2, 0.25) is 0 Å². The Kier molecular flexibility index (Phi) is 4.87. The second kappa shape index (κ2) is 7.79. The van der Waals surface area contributed by atoms with Crippen molar-refractivity contribution in [1.29, 1.82) is 5.26 Å². The van der Waals surface area contributed by atoms with Crippen LogP contribution in [0.5, 0.6) is 0 Å². The molecule has 0 bridgehead atoms. The van der Waals surface area contributed by atoms with Gasteiger partial charge in [-0.3, -0.25) is 0 Å². The number of carbonyl (C=O) groups is 1. The molecule has 2 heterocycles. The zero-order chi connectivity index (χ0) is 20.2. The van der Waals surface area contributed by atoms with Crippen LogP contribution in [0, 0.1) is 11.3 Å². The predicted octanol–water partition coefficient (Wildman–Crippen LogP) is 4.60. The van der Waals surface area contributed by atoms with Gasteiger partial charge < -0.3 is 10.4 Å². The number of nitrogens with one attached hydrogen (secondary N) is 1. The Labute approximate surface area is 167 Å². The van der Waals surface area contributed by atoms with Crippen molar-refractivity contribution in [3.8, 4) is 28.5 Å². The molecular weight excluding hydrogens is 364 g/mol. The molecule has 6 nitrogen and oxygen atoms in total. The molecule has 0 saturated carbocycles. The molecule has 29 heavy (non-hydrogen) atoms. The summed E-state index contributed by atoms with van der Waals surface area (Å²) in [5.74, 6) is 0. The van der Waals surface area contributed by atoms with Gasteiger partial charge in [0.15, 0.2) is 0 Å². The minimum atomic E-state index is -1.06. The molecule has 0 aliphatic heterocycles. The van der Waals surface area contributed by atoms with E-state index in [1.165, 1.54) is 0 Å². The van der Waals surface area contributed by atoms with Gasteiger partial charge in [-0.2, -0.15) is 5.26 Å². The van der Waals surface area contributed by atoms with Crippen LogP contribution >= 0.6 is 0 Å². The first-order valence-corrected chi connectivity index (χ1v) is 8.97. The fraction of sp³-hybridized carbons (Fsp3) is 0.0435. The number of aromatic nitrogens is 2. The molecule has 0 fully saturated rings. The quantitative estimate of drug-likeness (QED) is 0.539. The van der Waals surface area contributed by atoms with Gasteiger partial charge in [-0.05, 0) is 23.3 Å². The van der Waals surface area contributed by atoms with Crippen molar-refractivity contribution in [3.05, 3.63) is 84.2 Å². The average molecular weight is 380 g/mol. The minimum Gasteiger partial charge on any atom is -0.465 e. The summed E-state index contributed by atoms with van der Waals surface area (Å²) in [6.07, 6.45) is 0.527. The number of benzene rings is 2. The minimum absolute atomic E-state index is 0.240. The third-order valence-corrected chi connectivity index (χ3v) is 4.60. The van der Waals surface area contributed by atoms with Gasteiger partial charge in [-0.15, -0.1) is 0 Å². The first kappa shape index (κ1) is 18.1. The first-order chi connectivity index (χ1) is 14.2. The number of carboxylic acid groups (broad SMARTS) is 1. The van der Waals surface area contributed by atoms with Gasteiger partial charge in [0.1, 0.15) is 11.8 Å². The molecular formula is C23H16N4O2. The van der Waals surface area contributed by atoms with E-state index < -0.39 is 6.09 Å². The van der Waals surface area contributed by atoms with E-state index >= 15 is 0 Å². The van der Waals surface area contributed by atoms with Crippen molar-refractivity contribution < 1.29 is 9.90 Å². The van der Waals surface area contributed by atoms with E-state index in [-0.39, 0.29) is 6.54 Å². The molecule has 4 aromatic rings. The SMILES string of the molecule is N#Cc1nccc2nc(-c3ccc(CNC(=O)O)cc3)c(-c3ccccc3)cc12. The van der Waals surface area contributed by atoms with Crippen LogP contribution in [0.4, 0.5) is 4.79 Å². The number of hydrogen-bond acceptors (Lipinski definition) is 4. The lowest BCUT2D eigenvalue weighted by Gasteiger charge is -2.12. The van der Waals surface area contributed by atoms with Crippen molar-refractivity contribution in [2.24, 2.45) is 0 Å². The maximum Gasteiger partial charge on any atom is 0.404 e. The highest BCUT2D eigenvalue weighted by molar-refractivity contribution is 5.93. The molecule has 2 N–H and O–H groups in total. The van der Waals surface area contributed by atoms with Crippen molar-refractivity contribution in [1.82, 2.24) is 15.3 Å². The third-order valence-electron chi connectivity index (χ3n) is 4.60. The largest absolute Gasteiger partial charge is 0.465 e. The zero-order valence-electron chi connectivity index (χ0n) is 15.3. The summed E-state index contributed by atoms with van der Waals surface area (Å²) in [6, 6.07) is 23.3. The normalized spacial score (nSPS) is 10.4. The number of amides is 1. The first-order valence-electron chi connectivity index (χ1n) is 8.97. The highest BCUT2D eigenvalue weighted by Gasteiger charge is 2.14. The molecule has 0 aliphatic rings. The van der Waals surface area contributed by atoms with Crippen molar-refractivity contribution in [2.45, 2.75) is 6.54 Å². The molecule has 6 heteroatoms. The smallest absolute Gasteiger partial charge is 0.404 e. The lowest BCUT2D eigenvalue weighted by atomic mass is 9.96. The maximum absolute atomic E-state index is 10.7. The summed E-state index contributed by atoms with van der Waals surface area (Å²) in [6.45, 7) is 0.240. The summed E-state index contributed by atoms with van der Waals surface area (Å²) >= 11 is 0. The van der Waals surface area contributed by atoms with Crippen LogP contribution in [0.1, 0.15) is 11.3 Å². The van der Waals surface area contributed by atoms with Crippen molar-refractivity contribution in [3.63, 3.8) is 0 Å². The number of pyridine rings is 2. The van der Waals surface area contributed by atoms with E-state index in [1.54, 1.807) is 12.3 Å². The highest BCUT2D eigenvalue weighted by Crippen LogP contribution is 2.34. The molecule has 0 radical (unpaired) electrons. The molecule has 0 atom stereocenters. The van der Waals surface area contributed by atoms with E-state index in [4.69, 9.17) is 10.1 Å². The Hall–Kier alpha value is -4.24. The molecule has 0 aliphatic carbocycles. The Bertz CT molecular complexity index is 1230. The number of nitrogens with zero attached hydrogens (tertiary/aromatic N) is 3. The molecule has 0 saturated heterocycles. The van der Waals surface area contributed by atoms with E-state index in [9.17, 15) is 10.1 Å². The summed E-state index contributed by atoms with van der Waals surface area (Å²) in [4.78, 5) is 19.7. The second-order valence-corrected chi connectivity index (χ2v) is 6.44. The van der Waals surface area contributed by atoms with E-state index in [0.717, 1.165) is 27.9 Å². The number of nitriles is 1. The monoisotopic (exact) mass is 380 g/mol. The van der Waals surface area contributed by atoms with Gasteiger partial charge in [0, 0.05) is 29.3 Å². The van der Waals surface area contributed by atoms with Gasteiger partial charge in [-0.1, -0.05) is 54.6 Å². The zero-order valence-corrected chi connectivity index (χ0v) is 15.3. The van der Waals surface area contributed by atoms with Gasteiger partial charge in [0.05, 0.1) is 11.2 Å². The van der Waals surface area contributed by atoms with Crippen LogP contribution in [0.25, 0.3) is 33.3 Å². The van der Waals surface area contributed by atoms with Crippen LogP contribution in [-0.4, -0.2) is 21.2 Å². The lowest BCUT2D eigenvalue weighted by Crippen LogP contribution is -2.19.